The number of benzene rings is 1. The zero-order chi connectivity index (χ0) is 12.0. The first-order chi connectivity index (χ1) is 7.67. The molecule has 0 fully saturated rings. The normalized spacial score (nSPS) is 12.8. The topological polar surface area (TPSA) is 12.0 Å². The van der Waals surface area contributed by atoms with Crippen LogP contribution in [0.3, 0.4) is 0 Å². The molecular weight excluding hydrogens is 194 g/mol. The van der Waals surface area contributed by atoms with E-state index in [4.69, 9.17) is 0 Å². The van der Waals surface area contributed by atoms with Crippen molar-refractivity contribution in [1.29, 1.82) is 0 Å². The molecule has 1 aromatic carbocycles. The molecule has 16 heavy (non-hydrogen) atoms. The molecule has 1 aromatic rings. The Bertz CT molecular complexity index is 317. The van der Waals surface area contributed by atoms with Crippen molar-refractivity contribution in [2.24, 2.45) is 0 Å². The van der Waals surface area contributed by atoms with Crippen molar-refractivity contribution in [2.75, 3.05) is 7.05 Å². The van der Waals surface area contributed by atoms with Gasteiger partial charge in [0.1, 0.15) is 0 Å². The third-order valence-corrected chi connectivity index (χ3v) is 3.37. The summed E-state index contributed by atoms with van der Waals surface area (Å²) in [4.78, 5) is 0. The van der Waals surface area contributed by atoms with Gasteiger partial charge in [-0.05, 0) is 50.4 Å². The van der Waals surface area contributed by atoms with Crippen LogP contribution >= 0.6 is 0 Å². The SMILES string of the molecule is CCCCC(Cc1ccc(C)c(C)c1)NC. The molecule has 0 radical (unpaired) electrons. The molecule has 0 spiro atoms. The van der Waals surface area contributed by atoms with Crippen LogP contribution in [-0.4, -0.2) is 13.1 Å². The van der Waals surface area contributed by atoms with Crippen molar-refractivity contribution in [3.63, 3.8) is 0 Å². The first-order valence-electron chi connectivity index (χ1n) is 6.40. The van der Waals surface area contributed by atoms with Crippen molar-refractivity contribution in [3.05, 3.63) is 34.9 Å². The van der Waals surface area contributed by atoms with Gasteiger partial charge in [0.15, 0.2) is 0 Å². The number of likely N-dealkylation sites (N-methyl/N-ethyl adjacent to an activating group) is 1. The summed E-state index contributed by atoms with van der Waals surface area (Å²) in [6, 6.07) is 7.45. The first-order valence-corrected chi connectivity index (χ1v) is 6.40. The van der Waals surface area contributed by atoms with Gasteiger partial charge in [-0.2, -0.15) is 0 Å². The highest BCUT2D eigenvalue weighted by molar-refractivity contribution is 5.30. The van der Waals surface area contributed by atoms with E-state index in [2.05, 4.69) is 51.3 Å². The lowest BCUT2D eigenvalue weighted by Crippen LogP contribution is -2.27. The van der Waals surface area contributed by atoms with Crippen LogP contribution in [-0.2, 0) is 6.42 Å². The zero-order valence-electron chi connectivity index (χ0n) is 11.1. The Hall–Kier alpha value is -0.820. The molecule has 0 aliphatic heterocycles. The van der Waals surface area contributed by atoms with Gasteiger partial charge in [0, 0.05) is 6.04 Å². The summed E-state index contributed by atoms with van der Waals surface area (Å²) < 4.78 is 0. The Kier molecular flexibility index (Phi) is 5.54. The van der Waals surface area contributed by atoms with Gasteiger partial charge in [-0.15, -0.1) is 0 Å². The van der Waals surface area contributed by atoms with Gasteiger partial charge in [0.2, 0.25) is 0 Å². The van der Waals surface area contributed by atoms with E-state index in [1.807, 2.05) is 0 Å². The fourth-order valence-corrected chi connectivity index (χ4v) is 2.01. The molecule has 0 saturated heterocycles. The van der Waals surface area contributed by atoms with E-state index in [9.17, 15) is 0 Å². The van der Waals surface area contributed by atoms with Gasteiger partial charge in [-0.1, -0.05) is 38.0 Å². The van der Waals surface area contributed by atoms with Crippen molar-refractivity contribution in [3.8, 4) is 0 Å². The van der Waals surface area contributed by atoms with E-state index < -0.39 is 0 Å². The van der Waals surface area contributed by atoms with Crippen LogP contribution < -0.4 is 5.32 Å². The number of hydrogen-bond acceptors (Lipinski definition) is 1. The predicted molar refractivity (Wildman–Crippen MR) is 72.0 cm³/mol. The van der Waals surface area contributed by atoms with Gasteiger partial charge in [0.05, 0.1) is 0 Å². The summed E-state index contributed by atoms with van der Waals surface area (Å²) in [7, 11) is 2.07. The molecule has 90 valence electrons. The van der Waals surface area contributed by atoms with E-state index >= 15 is 0 Å². The number of nitrogens with one attached hydrogen (secondary N) is 1. The van der Waals surface area contributed by atoms with Crippen molar-refractivity contribution in [2.45, 2.75) is 52.5 Å². The van der Waals surface area contributed by atoms with Gasteiger partial charge in [-0.3, -0.25) is 0 Å². The highest BCUT2D eigenvalue weighted by Crippen LogP contribution is 2.13. The predicted octanol–water partition coefficient (Wildman–Crippen LogP) is 3.62. The van der Waals surface area contributed by atoms with E-state index in [1.54, 1.807) is 0 Å². The molecule has 0 bridgehead atoms. The Morgan fingerprint density at radius 2 is 1.94 bits per heavy atom. The maximum absolute atomic E-state index is 3.42. The molecule has 0 saturated carbocycles. The largest absolute Gasteiger partial charge is 0.317 e. The molecule has 1 nitrogen and oxygen atoms in total. The van der Waals surface area contributed by atoms with E-state index in [0.717, 1.165) is 6.42 Å². The first kappa shape index (κ1) is 13.2. The lowest BCUT2D eigenvalue weighted by Gasteiger charge is -2.16. The minimum atomic E-state index is 0.627. The van der Waals surface area contributed by atoms with Crippen molar-refractivity contribution in [1.82, 2.24) is 5.32 Å². The number of aryl methyl sites for hydroxylation is 2. The minimum Gasteiger partial charge on any atom is -0.317 e. The maximum Gasteiger partial charge on any atom is 0.0104 e. The fourth-order valence-electron chi connectivity index (χ4n) is 2.01. The molecule has 0 aliphatic rings. The molecule has 1 unspecified atom stereocenters. The minimum absolute atomic E-state index is 0.627. The van der Waals surface area contributed by atoms with E-state index in [1.165, 1.54) is 36.0 Å². The van der Waals surface area contributed by atoms with Crippen LogP contribution in [0.5, 0.6) is 0 Å². The fraction of sp³-hybridized carbons (Fsp3) is 0.600. The molecule has 1 atom stereocenters. The van der Waals surface area contributed by atoms with Crippen molar-refractivity contribution >= 4 is 0 Å². The zero-order valence-corrected chi connectivity index (χ0v) is 11.1. The molecule has 0 amide bonds. The Morgan fingerprint density at radius 1 is 1.19 bits per heavy atom. The van der Waals surface area contributed by atoms with Gasteiger partial charge in [0.25, 0.3) is 0 Å². The van der Waals surface area contributed by atoms with Crippen LogP contribution in [0.15, 0.2) is 18.2 Å². The van der Waals surface area contributed by atoms with E-state index in [-0.39, 0.29) is 0 Å². The Labute approximate surface area is 100 Å². The Balaban J connectivity index is 2.59. The average Bonchev–Trinajstić information content (AvgIpc) is 2.29. The molecule has 1 rings (SSSR count). The quantitative estimate of drug-likeness (QED) is 0.770. The molecule has 0 aliphatic carbocycles. The summed E-state index contributed by atoms with van der Waals surface area (Å²) in [6.07, 6.45) is 5.03. The van der Waals surface area contributed by atoms with Crippen LogP contribution in [0.2, 0.25) is 0 Å². The van der Waals surface area contributed by atoms with Crippen molar-refractivity contribution < 1.29 is 0 Å². The van der Waals surface area contributed by atoms with Crippen LogP contribution in [0.4, 0.5) is 0 Å². The summed E-state index contributed by atoms with van der Waals surface area (Å²) >= 11 is 0. The lowest BCUT2D eigenvalue weighted by molar-refractivity contribution is 0.498. The Morgan fingerprint density at radius 3 is 2.50 bits per heavy atom. The second-order valence-electron chi connectivity index (χ2n) is 4.75. The summed E-state index contributed by atoms with van der Waals surface area (Å²) in [5.41, 5.74) is 4.25. The second kappa shape index (κ2) is 6.70. The number of rotatable bonds is 6. The molecule has 0 aromatic heterocycles. The second-order valence-corrected chi connectivity index (χ2v) is 4.75. The third-order valence-electron chi connectivity index (χ3n) is 3.37. The molecule has 0 heterocycles. The molecule has 1 heteroatoms. The van der Waals surface area contributed by atoms with Gasteiger partial charge >= 0.3 is 0 Å². The summed E-state index contributed by atoms with van der Waals surface area (Å²) in [5, 5.41) is 3.42. The monoisotopic (exact) mass is 219 g/mol. The summed E-state index contributed by atoms with van der Waals surface area (Å²) in [5.74, 6) is 0. The standard InChI is InChI=1S/C15H25N/c1-5-6-7-15(16-4)11-14-9-8-12(2)13(3)10-14/h8-10,15-16H,5-7,11H2,1-4H3. The third kappa shape index (κ3) is 3.97. The maximum atomic E-state index is 3.42. The molecule has 1 N–H and O–H groups in total. The van der Waals surface area contributed by atoms with Gasteiger partial charge < -0.3 is 5.32 Å². The lowest BCUT2D eigenvalue weighted by atomic mass is 9.98. The average molecular weight is 219 g/mol. The van der Waals surface area contributed by atoms with Crippen LogP contribution in [0.25, 0.3) is 0 Å². The van der Waals surface area contributed by atoms with Crippen LogP contribution in [0, 0.1) is 13.8 Å². The highest BCUT2D eigenvalue weighted by atomic mass is 14.9. The summed E-state index contributed by atoms with van der Waals surface area (Å²) in [6.45, 7) is 6.62. The highest BCUT2D eigenvalue weighted by Gasteiger charge is 2.07. The number of hydrogen-bond donors (Lipinski definition) is 1. The van der Waals surface area contributed by atoms with Crippen LogP contribution in [0.1, 0.15) is 42.9 Å². The smallest absolute Gasteiger partial charge is 0.0104 e. The molecular formula is C15H25N. The van der Waals surface area contributed by atoms with Gasteiger partial charge in [-0.25, -0.2) is 0 Å². The van der Waals surface area contributed by atoms with E-state index in [0.29, 0.717) is 6.04 Å². The number of unbranched alkanes of at least 4 members (excludes halogenated alkanes) is 1.